The van der Waals surface area contributed by atoms with Crippen LogP contribution in [0.3, 0.4) is 0 Å². The van der Waals surface area contributed by atoms with Crippen LogP contribution in [0.1, 0.15) is 5.56 Å². The smallest absolute Gasteiger partial charge is 0.135 e. The lowest BCUT2D eigenvalue weighted by molar-refractivity contribution is 0.243. The Bertz CT molecular complexity index is 570. The first-order valence-electron chi connectivity index (χ1n) is 6.91. The minimum absolute atomic E-state index is 0.0479. The van der Waals surface area contributed by atoms with Gasteiger partial charge in [0.05, 0.1) is 5.52 Å². The largest absolute Gasteiger partial charge is 0.350 e. The summed E-state index contributed by atoms with van der Waals surface area (Å²) in [6.07, 6.45) is 2.70. The van der Waals surface area contributed by atoms with Gasteiger partial charge < -0.3 is 14.8 Å². The van der Waals surface area contributed by atoms with Crippen molar-refractivity contribution in [2.45, 2.75) is 6.42 Å². The van der Waals surface area contributed by atoms with E-state index in [9.17, 15) is 4.39 Å². The summed E-state index contributed by atoms with van der Waals surface area (Å²) in [5.41, 5.74) is 1.79. The Morgan fingerprint density at radius 1 is 1.21 bits per heavy atom. The number of aryl methyl sites for hydroxylation is 1. The Balaban J connectivity index is 1.75. The number of hydrogen-bond donors (Lipinski definition) is 1. The van der Waals surface area contributed by atoms with E-state index in [2.05, 4.69) is 10.2 Å². The number of rotatable bonds is 3. The molecule has 4 heteroatoms. The molecule has 0 bridgehead atoms. The first kappa shape index (κ1) is 12.6. The Morgan fingerprint density at radius 3 is 2.79 bits per heavy atom. The van der Waals surface area contributed by atoms with Crippen molar-refractivity contribution in [1.82, 2.24) is 14.8 Å². The number of nitrogens with zero attached hydrogens (tertiary/aromatic N) is 2. The molecule has 2 aromatic rings. The number of hydrogen-bond acceptors (Lipinski definition) is 2. The first-order chi connectivity index (χ1) is 9.25. The van der Waals surface area contributed by atoms with Crippen LogP contribution in [0.25, 0.3) is 10.9 Å². The van der Waals surface area contributed by atoms with E-state index in [1.165, 1.54) is 0 Å². The van der Waals surface area contributed by atoms with Crippen LogP contribution in [0.15, 0.2) is 24.4 Å². The molecule has 3 rings (SSSR count). The molecule has 1 aromatic heterocycles. The summed E-state index contributed by atoms with van der Waals surface area (Å²) in [4.78, 5) is 2.39. The van der Waals surface area contributed by atoms with E-state index >= 15 is 0 Å². The van der Waals surface area contributed by atoms with Gasteiger partial charge in [-0.15, -0.1) is 0 Å². The van der Waals surface area contributed by atoms with Crippen molar-refractivity contribution in [2.24, 2.45) is 7.05 Å². The Morgan fingerprint density at radius 2 is 2.00 bits per heavy atom. The van der Waals surface area contributed by atoms with Crippen LogP contribution in [0.2, 0.25) is 0 Å². The van der Waals surface area contributed by atoms with Gasteiger partial charge in [-0.05, 0) is 24.1 Å². The average Bonchev–Trinajstić information content (AvgIpc) is 2.82. The number of piperazine rings is 1. The Labute approximate surface area is 113 Å². The van der Waals surface area contributed by atoms with Gasteiger partial charge in [-0.1, -0.05) is 6.07 Å². The monoisotopic (exact) mass is 261 g/mol. The number of aromatic nitrogens is 1. The maximum Gasteiger partial charge on any atom is 0.135 e. The summed E-state index contributed by atoms with van der Waals surface area (Å²) >= 11 is 0. The first-order valence-corrected chi connectivity index (χ1v) is 6.91. The molecule has 0 radical (unpaired) electrons. The third kappa shape index (κ3) is 2.51. The zero-order valence-corrected chi connectivity index (χ0v) is 11.3. The van der Waals surface area contributed by atoms with Gasteiger partial charge in [0.25, 0.3) is 0 Å². The quantitative estimate of drug-likeness (QED) is 0.908. The predicted octanol–water partition coefficient (Wildman–Crippen LogP) is 1.77. The summed E-state index contributed by atoms with van der Waals surface area (Å²) in [5.74, 6) is -0.0479. The van der Waals surface area contributed by atoms with Crippen molar-refractivity contribution in [3.8, 4) is 0 Å². The van der Waals surface area contributed by atoms with E-state index in [-0.39, 0.29) is 5.82 Å². The van der Waals surface area contributed by atoms with Gasteiger partial charge >= 0.3 is 0 Å². The molecule has 1 aliphatic heterocycles. The zero-order chi connectivity index (χ0) is 13.2. The van der Waals surface area contributed by atoms with E-state index in [1.54, 1.807) is 0 Å². The maximum absolute atomic E-state index is 14.4. The topological polar surface area (TPSA) is 20.2 Å². The van der Waals surface area contributed by atoms with Crippen LogP contribution in [-0.4, -0.2) is 42.2 Å². The predicted molar refractivity (Wildman–Crippen MR) is 75.9 cm³/mol. The maximum atomic E-state index is 14.4. The second kappa shape index (κ2) is 5.31. The van der Waals surface area contributed by atoms with Crippen molar-refractivity contribution in [3.63, 3.8) is 0 Å². The highest BCUT2D eigenvalue weighted by Gasteiger charge is 2.13. The van der Waals surface area contributed by atoms with E-state index in [1.807, 2.05) is 36.0 Å². The molecule has 0 amide bonds. The van der Waals surface area contributed by atoms with Crippen LogP contribution in [-0.2, 0) is 13.5 Å². The number of nitrogens with one attached hydrogen (secondary N) is 1. The normalized spacial score (nSPS) is 17.2. The van der Waals surface area contributed by atoms with Gasteiger partial charge in [0, 0.05) is 51.4 Å². The molecule has 1 saturated heterocycles. The SMILES string of the molecule is Cn1ccc2c(F)c(CCN3CCNCC3)ccc21. The van der Waals surface area contributed by atoms with Crippen molar-refractivity contribution in [2.75, 3.05) is 32.7 Å². The standard InChI is InChI=1S/C15H20FN3/c1-18-8-5-13-14(18)3-2-12(15(13)16)4-9-19-10-6-17-7-11-19/h2-3,5,8,17H,4,6-7,9-11H2,1H3. The fourth-order valence-corrected chi connectivity index (χ4v) is 2.77. The minimum Gasteiger partial charge on any atom is -0.350 e. The van der Waals surface area contributed by atoms with E-state index in [0.29, 0.717) is 0 Å². The van der Waals surface area contributed by atoms with Crippen LogP contribution >= 0.6 is 0 Å². The second-order valence-electron chi connectivity index (χ2n) is 5.24. The van der Waals surface area contributed by atoms with Crippen molar-refractivity contribution in [3.05, 3.63) is 35.8 Å². The van der Waals surface area contributed by atoms with Crippen LogP contribution in [0, 0.1) is 5.82 Å². The van der Waals surface area contributed by atoms with E-state index in [4.69, 9.17) is 0 Å². The summed E-state index contributed by atoms with van der Waals surface area (Å²) in [5, 5.41) is 4.07. The van der Waals surface area contributed by atoms with Gasteiger partial charge in [-0.3, -0.25) is 0 Å². The molecule has 0 spiro atoms. The Kier molecular flexibility index (Phi) is 3.53. The zero-order valence-electron chi connectivity index (χ0n) is 11.3. The van der Waals surface area contributed by atoms with E-state index < -0.39 is 0 Å². The fourth-order valence-electron chi connectivity index (χ4n) is 2.77. The summed E-state index contributed by atoms with van der Waals surface area (Å²) in [7, 11) is 1.95. The third-order valence-corrected chi connectivity index (χ3v) is 3.99. The van der Waals surface area contributed by atoms with Crippen molar-refractivity contribution >= 4 is 10.9 Å². The molecule has 102 valence electrons. The average molecular weight is 261 g/mol. The molecular weight excluding hydrogens is 241 g/mol. The van der Waals surface area contributed by atoms with E-state index in [0.717, 1.165) is 55.6 Å². The highest BCUT2D eigenvalue weighted by Crippen LogP contribution is 2.22. The molecule has 3 nitrogen and oxygen atoms in total. The van der Waals surface area contributed by atoms with Gasteiger partial charge in [-0.2, -0.15) is 0 Å². The highest BCUT2D eigenvalue weighted by atomic mass is 19.1. The molecule has 0 unspecified atom stereocenters. The molecule has 2 heterocycles. The third-order valence-electron chi connectivity index (χ3n) is 3.99. The van der Waals surface area contributed by atoms with Crippen LogP contribution in [0.4, 0.5) is 4.39 Å². The lowest BCUT2D eigenvalue weighted by atomic mass is 10.1. The van der Waals surface area contributed by atoms with Gasteiger partial charge in [-0.25, -0.2) is 4.39 Å². The lowest BCUT2D eigenvalue weighted by Crippen LogP contribution is -2.44. The number of benzene rings is 1. The fraction of sp³-hybridized carbons (Fsp3) is 0.467. The van der Waals surface area contributed by atoms with Crippen molar-refractivity contribution in [1.29, 1.82) is 0 Å². The lowest BCUT2D eigenvalue weighted by Gasteiger charge is -2.27. The number of halogens is 1. The minimum atomic E-state index is -0.0479. The highest BCUT2D eigenvalue weighted by molar-refractivity contribution is 5.81. The molecule has 19 heavy (non-hydrogen) atoms. The Hall–Kier alpha value is -1.39. The van der Waals surface area contributed by atoms with Gasteiger partial charge in [0.15, 0.2) is 0 Å². The molecule has 1 fully saturated rings. The van der Waals surface area contributed by atoms with Crippen molar-refractivity contribution < 1.29 is 4.39 Å². The molecule has 1 N–H and O–H groups in total. The molecule has 1 aromatic carbocycles. The molecule has 0 aliphatic carbocycles. The summed E-state index contributed by atoms with van der Waals surface area (Å²) < 4.78 is 16.3. The molecule has 0 saturated carbocycles. The van der Waals surface area contributed by atoms with Gasteiger partial charge in [0.1, 0.15) is 5.82 Å². The summed E-state index contributed by atoms with van der Waals surface area (Å²) in [6.45, 7) is 5.15. The molecule has 0 atom stereocenters. The van der Waals surface area contributed by atoms with Crippen LogP contribution < -0.4 is 5.32 Å². The van der Waals surface area contributed by atoms with Gasteiger partial charge in [0.2, 0.25) is 0 Å². The number of fused-ring (bicyclic) bond motifs is 1. The summed E-state index contributed by atoms with van der Waals surface area (Å²) in [6, 6.07) is 5.81. The second-order valence-corrected chi connectivity index (χ2v) is 5.24. The molecular formula is C15H20FN3. The van der Waals surface area contributed by atoms with Crippen LogP contribution in [0.5, 0.6) is 0 Å². The molecule has 1 aliphatic rings.